The number of sulfonamides is 1. The fraction of sp³-hybridized carbons (Fsp3) is 0.364. The molecule has 6 nitrogen and oxygen atoms in total. The van der Waals surface area contributed by atoms with E-state index < -0.39 is 21.7 Å². The summed E-state index contributed by atoms with van der Waals surface area (Å²) < 4.78 is 30.0. The summed E-state index contributed by atoms with van der Waals surface area (Å²) >= 11 is 0. The second-order valence-corrected chi connectivity index (χ2v) is 5.71. The SMILES string of the molecule is COC(=O)CS(=O)(=O)Nc1ccc2c(c1)CCN2. The van der Waals surface area contributed by atoms with Crippen LogP contribution >= 0.6 is 0 Å². The number of benzene rings is 1. The normalized spacial score (nSPS) is 13.6. The van der Waals surface area contributed by atoms with E-state index >= 15 is 0 Å². The highest BCUT2D eigenvalue weighted by Crippen LogP contribution is 2.25. The van der Waals surface area contributed by atoms with Crippen molar-refractivity contribution in [1.82, 2.24) is 0 Å². The molecule has 0 bridgehead atoms. The molecule has 98 valence electrons. The van der Waals surface area contributed by atoms with Gasteiger partial charge in [0.15, 0.2) is 5.75 Å². The van der Waals surface area contributed by atoms with E-state index in [1.807, 2.05) is 6.07 Å². The van der Waals surface area contributed by atoms with Crippen molar-refractivity contribution in [2.75, 3.05) is 29.4 Å². The van der Waals surface area contributed by atoms with Gasteiger partial charge in [-0.05, 0) is 30.2 Å². The standard InChI is InChI=1S/C11H14N2O4S/c1-17-11(14)7-18(15,16)13-9-2-3-10-8(6-9)4-5-12-10/h2-3,6,12-13H,4-5,7H2,1H3. The molecule has 0 aliphatic carbocycles. The number of rotatable bonds is 4. The average Bonchev–Trinajstić information content (AvgIpc) is 2.74. The molecule has 0 unspecified atom stereocenters. The maximum atomic E-state index is 11.6. The van der Waals surface area contributed by atoms with Crippen LogP contribution in [0.25, 0.3) is 0 Å². The van der Waals surface area contributed by atoms with Crippen molar-refractivity contribution in [3.63, 3.8) is 0 Å². The fourth-order valence-electron chi connectivity index (χ4n) is 1.80. The molecule has 0 atom stereocenters. The van der Waals surface area contributed by atoms with E-state index in [-0.39, 0.29) is 0 Å². The molecule has 1 aliphatic heterocycles. The Kier molecular flexibility index (Phi) is 3.42. The Morgan fingerprint density at radius 1 is 1.50 bits per heavy atom. The summed E-state index contributed by atoms with van der Waals surface area (Å²) in [5.41, 5.74) is 2.54. The van der Waals surface area contributed by atoms with Crippen LogP contribution < -0.4 is 10.0 Å². The zero-order valence-electron chi connectivity index (χ0n) is 9.89. The van der Waals surface area contributed by atoms with Crippen molar-refractivity contribution in [3.05, 3.63) is 23.8 Å². The van der Waals surface area contributed by atoms with Crippen LogP contribution in [0.4, 0.5) is 11.4 Å². The van der Waals surface area contributed by atoms with Crippen LogP contribution in [0.2, 0.25) is 0 Å². The minimum absolute atomic E-state index is 0.460. The Bertz CT molecular complexity index is 568. The highest BCUT2D eigenvalue weighted by atomic mass is 32.2. The van der Waals surface area contributed by atoms with E-state index in [4.69, 9.17) is 0 Å². The molecule has 2 N–H and O–H groups in total. The van der Waals surface area contributed by atoms with Crippen LogP contribution in [0.5, 0.6) is 0 Å². The number of fused-ring (bicyclic) bond motifs is 1. The number of carbonyl (C=O) groups excluding carboxylic acids is 1. The third-order valence-electron chi connectivity index (χ3n) is 2.62. The third-order valence-corrected chi connectivity index (χ3v) is 3.79. The molecular formula is C11H14N2O4S. The Labute approximate surface area is 105 Å². The van der Waals surface area contributed by atoms with E-state index in [1.54, 1.807) is 12.1 Å². The highest BCUT2D eigenvalue weighted by molar-refractivity contribution is 7.93. The molecule has 18 heavy (non-hydrogen) atoms. The number of nitrogens with one attached hydrogen (secondary N) is 2. The molecule has 0 saturated carbocycles. The van der Waals surface area contributed by atoms with Gasteiger partial charge in [0.2, 0.25) is 10.0 Å². The summed E-state index contributed by atoms with van der Waals surface area (Å²) in [5.74, 6) is -1.47. The zero-order chi connectivity index (χ0) is 13.2. The van der Waals surface area contributed by atoms with Crippen molar-refractivity contribution in [3.8, 4) is 0 Å². The van der Waals surface area contributed by atoms with Gasteiger partial charge < -0.3 is 10.1 Å². The van der Waals surface area contributed by atoms with Gasteiger partial charge in [0.1, 0.15) is 0 Å². The van der Waals surface area contributed by atoms with Crippen LogP contribution in [0.3, 0.4) is 0 Å². The van der Waals surface area contributed by atoms with Gasteiger partial charge >= 0.3 is 5.97 Å². The van der Waals surface area contributed by atoms with Crippen molar-refractivity contribution in [2.45, 2.75) is 6.42 Å². The second kappa shape index (κ2) is 4.85. The van der Waals surface area contributed by atoms with Crippen LogP contribution in [0.1, 0.15) is 5.56 Å². The van der Waals surface area contributed by atoms with E-state index in [9.17, 15) is 13.2 Å². The van der Waals surface area contributed by atoms with Gasteiger partial charge in [-0.15, -0.1) is 0 Å². The first-order valence-corrected chi connectivity index (χ1v) is 7.09. The van der Waals surface area contributed by atoms with Gasteiger partial charge in [0, 0.05) is 17.9 Å². The monoisotopic (exact) mass is 270 g/mol. The Balaban J connectivity index is 2.12. The number of ether oxygens (including phenoxy) is 1. The van der Waals surface area contributed by atoms with Crippen molar-refractivity contribution >= 4 is 27.4 Å². The highest BCUT2D eigenvalue weighted by Gasteiger charge is 2.18. The Morgan fingerprint density at radius 2 is 2.28 bits per heavy atom. The molecule has 0 aromatic heterocycles. The third kappa shape index (κ3) is 2.92. The minimum Gasteiger partial charge on any atom is -0.468 e. The van der Waals surface area contributed by atoms with Crippen molar-refractivity contribution in [2.24, 2.45) is 0 Å². The second-order valence-electron chi connectivity index (χ2n) is 3.99. The van der Waals surface area contributed by atoms with Crippen molar-refractivity contribution in [1.29, 1.82) is 0 Å². The summed E-state index contributed by atoms with van der Waals surface area (Å²) in [4.78, 5) is 11.0. The Morgan fingerprint density at radius 3 is 3.00 bits per heavy atom. The number of methoxy groups -OCH3 is 1. The maximum Gasteiger partial charge on any atom is 0.322 e. The molecule has 1 aromatic carbocycles. The van der Waals surface area contributed by atoms with Crippen LogP contribution in [0, 0.1) is 0 Å². The number of carbonyl (C=O) groups is 1. The van der Waals surface area contributed by atoms with Crippen LogP contribution in [-0.4, -0.2) is 33.8 Å². The van der Waals surface area contributed by atoms with E-state index in [1.165, 1.54) is 0 Å². The first-order valence-electron chi connectivity index (χ1n) is 5.44. The summed E-state index contributed by atoms with van der Waals surface area (Å²) in [5, 5.41) is 3.18. The predicted octanol–water partition coefficient (Wildman–Crippen LogP) is 0.569. The summed E-state index contributed by atoms with van der Waals surface area (Å²) in [6, 6.07) is 5.24. The molecule has 1 aliphatic rings. The lowest BCUT2D eigenvalue weighted by Gasteiger charge is -2.08. The van der Waals surface area contributed by atoms with Gasteiger partial charge in [-0.2, -0.15) is 0 Å². The smallest absolute Gasteiger partial charge is 0.322 e. The molecule has 0 spiro atoms. The fourth-order valence-corrected chi connectivity index (χ4v) is 2.78. The van der Waals surface area contributed by atoms with E-state index in [0.717, 1.165) is 31.3 Å². The topological polar surface area (TPSA) is 84.5 Å². The van der Waals surface area contributed by atoms with Crippen LogP contribution in [0.15, 0.2) is 18.2 Å². The molecule has 7 heteroatoms. The lowest BCUT2D eigenvalue weighted by molar-refractivity contribution is -0.137. The van der Waals surface area contributed by atoms with Gasteiger partial charge in [0.25, 0.3) is 0 Å². The number of anilines is 2. The van der Waals surface area contributed by atoms with Gasteiger partial charge in [-0.1, -0.05) is 0 Å². The summed E-state index contributed by atoms with van der Waals surface area (Å²) in [6.07, 6.45) is 0.863. The molecule has 1 heterocycles. The first-order chi connectivity index (χ1) is 8.50. The molecule has 0 fully saturated rings. The minimum atomic E-state index is -3.71. The van der Waals surface area contributed by atoms with Gasteiger partial charge in [-0.3, -0.25) is 9.52 Å². The lowest BCUT2D eigenvalue weighted by Crippen LogP contribution is -2.23. The largest absolute Gasteiger partial charge is 0.468 e. The molecule has 0 saturated heterocycles. The maximum absolute atomic E-state index is 11.6. The quantitative estimate of drug-likeness (QED) is 0.781. The lowest BCUT2D eigenvalue weighted by atomic mass is 10.1. The molecule has 2 rings (SSSR count). The Hall–Kier alpha value is -1.76. The zero-order valence-corrected chi connectivity index (χ0v) is 10.7. The van der Waals surface area contributed by atoms with Gasteiger partial charge in [0.05, 0.1) is 7.11 Å². The van der Waals surface area contributed by atoms with E-state index in [0.29, 0.717) is 5.69 Å². The molecule has 0 radical (unpaired) electrons. The number of hydrogen-bond acceptors (Lipinski definition) is 5. The predicted molar refractivity (Wildman–Crippen MR) is 68.1 cm³/mol. The van der Waals surface area contributed by atoms with Gasteiger partial charge in [-0.25, -0.2) is 8.42 Å². The first kappa shape index (κ1) is 12.7. The number of hydrogen-bond donors (Lipinski definition) is 2. The van der Waals surface area contributed by atoms with E-state index in [2.05, 4.69) is 14.8 Å². The molecule has 1 aromatic rings. The molecular weight excluding hydrogens is 256 g/mol. The number of esters is 1. The van der Waals surface area contributed by atoms with Crippen LogP contribution in [-0.2, 0) is 26.0 Å². The average molecular weight is 270 g/mol. The van der Waals surface area contributed by atoms with Crippen molar-refractivity contribution < 1.29 is 17.9 Å². The molecule has 0 amide bonds. The summed E-state index contributed by atoms with van der Waals surface area (Å²) in [6.45, 7) is 0.855. The summed E-state index contributed by atoms with van der Waals surface area (Å²) in [7, 11) is -2.56.